The SMILES string of the molecule is CCC(C)(C)N(C)c1ncnc(Cl)c1C=O. The zero-order chi connectivity index (χ0) is 12.3. The van der Waals surface area contributed by atoms with Crippen molar-refractivity contribution in [2.45, 2.75) is 32.7 Å². The largest absolute Gasteiger partial charge is 0.354 e. The van der Waals surface area contributed by atoms with Gasteiger partial charge < -0.3 is 4.90 Å². The summed E-state index contributed by atoms with van der Waals surface area (Å²) < 4.78 is 0. The lowest BCUT2D eigenvalue weighted by Gasteiger charge is -2.36. The van der Waals surface area contributed by atoms with E-state index >= 15 is 0 Å². The van der Waals surface area contributed by atoms with Crippen LogP contribution in [0, 0.1) is 0 Å². The van der Waals surface area contributed by atoms with Gasteiger partial charge in [0.1, 0.15) is 17.3 Å². The van der Waals surface area contributed by atoms with Crippen molar-refractivity contribution < 1.29 is 4.79 Å². The minimum absolute atomic E-state index is 0.0879. The van der Waals surface area contributed by atoms with Crippen LogP contribution in [0.5, 0.6) is 0 Å². The van der Waals surface area contributed by atoms with E-state index in [1.165, 1.54) is 6.33 Å². The molecule has 0 N–H and O–H groups in total. The van der Waals surface area contributed by atoms with Crippen molar-refractivity contribution in [1.29, 1.82) is 0 Å². The van der Waals surface area contributed by atoms with E-state index in [0.29, 0.717) is 17.7 Å². The van der Waals surface area contributed by atoms with Gasteiger partial charge in [0.2, 0.25) is 0 Å². The highest BCUT2D eigenvalue weighted by molar-refractivity contribution is 6.32. The summed E-state index contributed by atoms with van der Waals surface area (Å²) >= 11 is 5.86. The Morgan fingerprint density at radius 1 is 1.50 bits per heavy atom. The topological polar surface area (TPSA) is 46.1 Å². The Morgan fingerprint density at radius 3 is 2.62 bits per heavy atom. The Bertz CT molecular complexity index is 393. The van der Waals surface area contributed by atoms with Crippen LogP contribution in [-0.4, -0.2) is 28.8 Å². The third kappa shape index (κ3) is 2.32. The molecule has 1 heterocycles. The van der Waals surface area contributed by atoms with Gasteiger partial charge in [0.05, 0.1) is 5.56 Å². The van der Waals surface area contributed by atoms with Crippen LogP contribution in [0.2, 0.25) is 5.15 Å². The maximum atomic E-state index is 11.0. The number of hydrogen-bond acceptors (Lipinski definition) is 4. The summed E-state index contributed by atoms with van der Waals surface area (Å²) in [5.41, 5.74) is 0.253. The second-order valence-electron chi connectivity index (χ2n) is 4.24. The van der Waals surface area contributed by atoms with E-state index in [9.17, 15) is 4.79 Å². The van der Waals surface area contributed by atoms with Crippen LogP contribution < -0.4 is 4.90 Å². The molecule has 0 bridgehead atoms. The van der Waals surface area contributed by atoms with E-state index in [0.717, 1.165) is 6.42 Å². The van der Waals surface area contributed by atoms with Gasteiger partial charge in [-0.15, -0.1) is 0 Å². The molecule has 16 heavy (non-hydrogen) atoms. The highest BCUT2D eigenvalue weighted by Crippen LogP contribution is 2.27. The Balaban J connectivity index is 3.23. The van der Waals surface area contributed by atoms with Crippen LogP contribution in [0.3, 0.4) is 0 Å². The Hall–Kier alpha value is -1.16. The molecule has 1 rings (SSSR count). The lowest BCUT2D eigenvalue weighted by molar-refractivity contribution is 0.112. The van der Waals surface area contributed by atoms with Gasteiger partial charge in [-0.1, -0.05) is 18.5 Å². The molecule has 0 saturated heterocycles. The molecule has 1 aromatic rings. The van der Waals surface area contributed by atoms with Crippen molar-refractivity contribution in [3.8, 4) is 0 Å². The van der Waals surface area contributed by atoms with Gasteiger partial charge in [-0.2, -0.15) is 0 Å². The zero-order valence-corrected chi connectivity index (χ0v) is 10.7. The number of aromatic nitrogens is 2. The molecular formula is C11H16ClN3O. The smallest absolute Gasteiger partial charge is 0.156 e. The summed E-state index contributed by atoms with van der Waals surface area (Å²) in [5.74, 6) is 0.571. The highest BCUT2D eigenvalue weighted by atomic mass is 35.5. The number of rotatable bonds is 4. The van der Waals surface area contributed by atoms with E-state index in [-0.39, 0.29) is 10.7 Å². The van der Waals surface area contributed by atoms with E-state index < -0.39 is 0 Å². The van der Waals surface area contributed by atoms with Crippen molar-refractivity contribution in [3.63, 3.8) is 0 Å². The van der Waals surface area contributed by atoms with Crippen molar-refractivity contribution in [1.82, 2.24) is 9.97 Å². The van der Waals surface area contributed by atoms with Crippen LogP contribution in [0.1, 0.15) is 37.6 Å². The molecule has 4 nitrogen and oxygen atoms in total. The minimum atomic E-state index is -0.0879. The molecule has 1 aromatic heterocycles. The van der Waals surface area contributed by atoms with Gasteiger partial charge in [0.15, 0.2) is 6.29 Å². The molecule has 0 aliphatic rings. The van der Waals surface area contributed by atoms with Crippen LogP contribution in [0.4, 0.5) is 5.82 Å². The molecule has 0 amide bonds. The van der Waals surface area contributed by atoms with E-state index in [1.54, 1.807) is 0 Å². The van der Waals surface area contributed by atoms with Crippen molar-refractivity contribution in [2.75, 3.05) is 11.9 Å². The van der Waals surface area contributed by atoms with Gasteiger partial charge >= 0.3 is 0 Å². The fourth-order valence-electron chi connectivity index (χ4n) is 1.26. The molecule has 0 saturated carbocycles. The maximum Gasteiger partial charge on any atom is 0.156 e. The molecular weight excluding hydrogens is 226 g/mol. The Labute approximate surface area is 101 Å². The summed E-state index contributed by atoms with van der Waals surface area (Å²) in [6.07, 6.45) is 3.00. The molecule has 0 unspecified atom stereocenters. The summed E-state index contributed by atoms with van der Waals surface area (Å²) in [6, 6.07) is 0. The van der Waals surface area contributed by atoms with Crippen molar-refractivity contribution >= 4 is 23.7 Å². The maximum absolute atomic E-state index is 11.0. The average Bonchev–Trinajstić information content (AvgIpc) is 2.27. The molecule has 88 valence electrons. The summed E-state index contributed by atoms with van der Waals surface area (Å²) in [4.78, 5) is 20.8. The fourth-order valence-corrected chi connectivity index (χ4v) is 1.43. The van der Waals surface area contributed by atoms with E-state index in [2.05, 4.69) is 30.7 Å². The number of aldehydes is 1. The molecule has 5 heteroatoms. The lowest BCUT2D eigenvalue weighted by Crippen LogP contribution is -2.41. The van der Waals surface area contributed by atoms with Gasteiger partial charge in [-0.25, -0.2) is 9.97 Å². The number of carbonyl (C=O) groups is 1. The quantitative estimate of drug-likeness (QED) is 0.600. The number of anilines is 1. The molecule has 0 spiro atoms. The number of hydrogen-bond donors (Lipinski definition) is 0. The first-order chi connectivity index (χ1) is 7.44. The van der Waals surface area contributed by atoms with Crippen molar-refractivity contribution in [3.05, 3.63) is 17.0 Å². The molecule has 0 radical (unpaired) electrons. The summed E-state index contributed by atoms with van der Waals surface area (Å²) in [7, 11) is 1.90. The predicted molar refractivity (Wildman–Crippen MR) is 65.2 cm³/mol. The van der Waals surface area contributed by atoms with Gasteiger partial charge in [0.25, 0.3) is 0 Å². The standard InChI is InChI=1S/C11H16ClN3O/c1-5-11(2,3)15(4)10-8(6-16)9(12)13-7-14-10/h6-7H,5H2,1-4H3. The fraction of sp³-hybridized carbons (Fsp3) is 0.545. The monoisotopic (exact) mass is 241 g/mol. The molecule has 0 aliphatic heterocycles. The van der Waals surface area contributed by atoms with Crippen LogP contribution in [0.15, 0.2) is 6.33 Å². The van der Waals surface area contributed by atoms with Gasteiger partial charge in [0, 0.05) is 12.6 Å². The van der Waals surface area contributed by atoms with Gasteiger partial charge in [-0.3, -0.25) is 4.79 Å². The average molecular weight is 242 g/mol. The number of carbonyl (C=O) groups excluding carboxylic acids is 1. The lowest BCUT2D eigenvalue weighted by atomic mass is 9.99. The molecule has 0 atom stereocenters. The molecule has 0 fully saturated rings. The van der Waals surface area contributed by atoms with E-state index in [4.69, 9.17) is 11.6 Å². The normalized spacial score (nSPS) is 11.3. The van der Waals surface area contributed by atoms with Crippen molar-refractivity contribution in [2.24, 2.45) is 0 Å². The van der Waals surface area contributed by atoms with Crippen LogP contribution in [-0.2, 0) is 0 Å². The molecule has 0 aliphatic carbocycles. The third-order valence-corrected chi connectivity index (χ3v) is 3.32. The predicted octanol–water partition coefficient (Wildman–Crippen LogP) is 2.57. The van der Waals surface area contributed by atoms with E-state index in [1.807, 2.05) is 11.9 Å². The number of halogens is 1. The first-order valence-corrected chi connectivity index (χ1v) is 5.51. The van der Waals surface area contributed by atoms with Gasteiger partial charge in [-0.05, 0) is 20.3 Å². The Morgan fingerprint density at radius 2 is 2.12 bits per heavy atom. The minimum Gasteiger partial charge on any atom is -0.354 e. The second-order valence-corrected chi connectivity index (χ2v) is 4.60. The highest BCUT2D eigenvalue weighted by Gasteiger charge is 2.25. The number of nitrogens with zero attached hydrogens (tertiary/aromatic N) is 3. The molecule has 0 aromatic carbocycles. The Kier molecular flexibility index (Phi) is 3.86. The first-order valence-electron chi connectivity index (χ1n) is 5.13. The first kappa shape index (κ1) is 12.9. The third-order valence-electron chi connectivity index (χ3n) is 3.02. The zero-order valence-electron chi connectivity index (χ0n) is 9.99. The summed E-state index contributed by atoms with van der Waals surface area (Å²) in [6.45, 7) is 6.25. The second kappa shape index (κ2) is 4.78. The van der Waals surface area contributed by atoms with Crippen LogP contribution >= 0.6 is 11.6 Å². The van der Waals surface area contributed by atoms with Crippen LogP contribution in [0.25, 0.3) is 0 Å². The summed E-state index contributed by atoms with van der Waals surface area (Å²) in [5, 5.41) is 0.193.